The molecule has 0 aliphatic heterocycles. The molecule has 0 fully saturated rings. The summed E-state index contributed by atoms with van der Waals surface area (Å²) in [4.78, 5) is 0. The zero-order chi connectivity index (χ0) is 18.5. The number of benzene rings is 3. The molecule has 0 spiro atoms. The molecule has 0 bridgehead atoms. The van der Waals surface area contributed by atoms with E-state index in [2.05, 4.69) is 83.5 Å². The summed E-state index contributed by atoms with van der Waals surface area (Å²) in [6.07, 6.45) is 0.961. The van der Waals surface area contributed by atoms with Crippen LogP contribution >= 0.6 is 11.3 Å². The molecule has 136 valence electrons. The van der Waals surface area contributed by atoms with Gasteiger partial charge in [0.2, 0.25) is 0 Å². The average molecular weight is 373 g/mol. The van der Waals surface area contributed by atoms with Crippen LogP contribution in [0.25, 0.3) is 21.2 Å². The molecule has 1 heterocycles. The number of hydrogen-bond donors (Lipinski definition) is 2. The van der Waals surface area contributed by atoms with Gasteiger partial charge >= 0.3 is 0 Å². The van der Waals surface area contributed by atoms with Gasteiger partial charge in [0.1, 0.15) is 0 Å². The third kappa shape index (κ3) is 4.28. The van der Waals surface area contributed by atoms with Gasteiger partial charge in [0.15, 0.2) is 0 Å². The lowest BCUT2D eigenvalue weighted by Crippen LogP contribution is -2.37. The minimum atomic E-state index is 0.275. The van der Waals surface area contributed by atoms with Crippen molar-refractivity contribution in [1.82, 2.24) is 5.32 Å². The first-order valence-corrected chi connectivity index (χ1v) is 10.2. The van der Waals surface area contributed by atoms with Crippen molar-refractivity contribution in [2.24, 2.45) is 5.73 Å². The van der Waals surface area contributed by atoms with Crippen LogP contribution in [0, 0.1) is 0 Å². The zero-order valence-electron chi connectivity index (χ0n) is 15.3. The second-order valence-electron chi connectivity index (χ2n) is 6.84. The fourth-order valence-electron chi connectivity index (χ4n) is 3.40. The summed E-state index contributed by atoms with van der Waals surface area (Å²) in [5, 5.41) is 7.25. The van der Waals surface area contributed by atoms with Crippen molar-refractivity contribution in [2.75, 3.05) is 6.54 Å². The molecule has 0 aliphatic rings. The van der Waals surface area contributed by atoms with Gasteiger partial charge in [-0.2, -0.15) is 0 Å². The summed E-state index contributed by atoms with van der Waals surface area (Å²) in [7, 11) is 0. The molecule has 0 radical (unpaired) electrons. The van der Waals surface area contributed by atoms with Crippen molar-refractivity contribution in [3.05, 3.63) is 95.4 Å². The Morgan fingerprint density at radius 2 is 1.52 bits per heavy atom. The van der Waals surface area contributed by atoms with Crippen LogP contribution in [-0.4, -0.2) is 12.6 Å². The number of nitrogens with one attached hydrogen (secondary N) is 1. The molecular formula is C24H24N2S. The van der Waals surface area contributed by atoms with Crippen LogP contribution in [0.2, 0.25) is 0 Å². The van der Waals surface area contributed by atoms with Crippen LogP contribution in [0.4, 0.5) is 0 Å². The number of fused-ring (bicyclic) bond motifs is 1. The summed E-state index contributed by atoms with van der Waals surface area (Å²) in [5.74, 6) is 0. The van der Waals surface area contributed by atoms with Crippen LogP contribution in [0.3, 0.4) is 0 Å². The van der Waals surface area contributed by atoms with E-state index in [-0.39, 0.29) is 6.04 Å². The Labute approximate surface area is 164 Å². The predicted molar refractivity (Wildman–Crippen MR) is 117 cm³/mol. The fourth-order valence-corrected chi connectivity index (χ4v) is 4.38. The van der Waals surface area contributed by atoms with E-state index < -0.39 is 0 Å². The van der Waals surface area contributed by atoms with E-state index in [1.165, 1.54) is 32.3 Å². The van der Waals surface area contributed by atoms with Crippen molar-refractivity contribution in [1.29, 1.82) is 0 Å². The van der Waals surface area contributed by atoms with Crippen molar-refractivity contribution in [3.63, 3.8) is 0 Å². The van der Waals surface area contributed by atoms with Crippen molar-refractivity contribution in [2.45, 2.75) is 19.0 Å². The Bertz CT molecular complexity index is 990. The third-order valence-corrected chi connectivity index (χ3v) is 5.98. The maximum atomic E-state index is 6.04. The van der Waals surface area contributed by atoms with Gasteiger partial charge in [-0.05, 0) is 45.5 Å². The lowest BCUT2D eigenvalue weighted by Gasteiger charge is -2.17. The van der Waals surface area contributed by atoms with Gasteiger partial charge in [0, 0.05) is 23.8 Å². The van der Waals surface area contributed by atoms with Crippen LogP contribution in [-0.2, 0) is 13.0 Å². The molecule has 1 unspecified atom stereocenters. The van der Waals surface area contributed by atoms with E-state index in [1.54, 1.807) is 0 Å². The molecular weight excluding hydrogens is 348 g/mol. The van der Waals surface area contributed by atoms with E-state index in [1.807, 2.05) is 17.4 Å². The molecule has 1 aromatic heterocycles. The molecule has 3 heteroatoms. The minimum absolute atomic E-state index is 0.275. The lowest BCUT2D eigenvalue weighted by atomic mass is 10.0. The summed E-state index contributed by atoms with van der Waals surface area (Å²) in [6.45, 7) is 1.46. The quantitative estimate of drug-likeness (QED) is 0.466. The molecule has 2 nitrogen and oxygen atoms in total. The van der Waals surface area contributed by atoms with Gasteiger partial charge < -0.3 is 11.1 Å². The van der Waals surface area contributed by atoms with Gasteiger partial charge in [0.25, 0.3) is 0 Å². The van der Waals surface area contributed by atoms with E-state index in [9.17, 15) is 0 Å². The average Bonchev–Trinajstić information content (AvgIpc) is 3.15. The zero-order valence-corrected chi connectivity index (χ0v) is 16.1. The summed E-state index contributed by atoms with van der Waals surface area (Å²) < 4.78 is 1.35. The Morgan fingerprint density at radius 3 is 2.30 bits per heavy atom. The number of nitrogens with two attached hydrogens (primary N) is 1. The first kappa shape index (κ1) is 17.9. The summed E-state index contributed by atoms with van der Waals surface area (Å²) in [5.41, 5.74) is 11.2. The molecule has 4 aromatic rings. The minimum Gasteiger partial charge on any atom is -0.329 e. The Hall–Kier alpha value is -2.46. The van der Waals surface area contributed by atoms with E-state index in [0.717, 1.165) is 13.0 Å². The Balaban J connectivity index is 1.39. The molecule has 3 aromatic carbocycles. The molecule has 3 N–H and O–H groups in total. The molecule has 0 saturated carbocycles. The number of hydrogen-bond acceptors (Lipinski definition) is 3. The highest BCUT2D eigenvalue weighted by Crippen LogP contribution is 2.26. The first-order valence-electron chi connectivity index (χ1n) is 9.36. The second kappa shape index (κ2) is 8.49. The number of rotatable bonds is 7. The smallest absolute Gasteiger partial charge is 0.0345 e. The highest BCUT2D eigenvalue weighted by Gasteiger charge is 2.11. The van der Waals surface area contributed by atoms with Gasteiger partial charge in [-0.1, -0.05) is 72.8 Å². The highest BCUT2D eigenvalue weighted by molar-refractivity contribution is 7.17. The van der Waals surface area contributed by atoms with Crippen LogP contribution < -0.4 is 11.1 Å². The van der Waals surface area contributed by atoms with Crippen LogP contribution in [0.1, 0.15) is 11.1 Å². The van der Waals surface area contributed by atoms with Gasteiger partial charge in [-0.15, -0.1) is 11.3 Å². The molecule has 27 heavy (non-hydrogen) atoms. The normalized spacial score (nSPS) is 12.3. The largest absolute Gasteiger partial charge is 0.329 e. The topological polar surface area (TPSA) is 38.0 Å². The van der Waals surface area contributed by atoms with Crippen LogP contribution in [0.5, 0.6) is 0 Å². The van der Waals surface area contributed by atoms with Crippen molar-refractivity contribution < 1.29 is 0 Å². The molecule has 0 aliphatic carbocycles. The summed E-state index contributed by atoms with van der Waals surface area (Å²) >= 11 is 1.81. The molecule has 4 rings (SSSR count). The monoisotopic (exact) mass is 372 g/mol. The predicted octanol–water partition coefficient (Wildman–Crippen LogP) is 5.23. The van der Waals surface area contributed by atoms with E-state index in [0.29, 0.717) is 6.54 Å². The maximum Gasteiger partial charge on any atom is 0.0345 e. The Morgan fingerprint density at radius 1 is 0.815 bits per heavy atom. The van der Waals surface area contributed by atoms with E-state index in [4.69, 9.17) is 5.73 Å². The SMILES string of the molecule is NCC(Cc1csc2ccccc12)NCc1ccc(-c2ccccc2)cc1. The Kier molecular flexibility index (Phi) is 5.64. The van der Waals surface area contributed by atoms with Crippen molar-refractivity contribution in [3.8, 4) is 11.1 Å². The third-order valence-electron chi connectivity index (χ3n) is 4.97. The number of thiophene rings is 1. The van der Waals surface area contributed by atoms with Crippen molar-refractivity contribution >= 4 is 21.4 Å². The lowest BCUT2D eigenvalue weighted by molar-refractivity contribution is 0.517. The standard InChI is InChI=1S/C24H24N2S/c25-15-22(14-21-17-27-24-9-5-4-8-23(21)24)26-16-18-10-12-20(13-11-18)19-6-2-1-3-7-19/h1-13,17,22,26H,14-16,25H2. The summed E-state index contributed by atoms with van der Waals surface area (Å²) in [6, 6.07) is 28.1. The van der Waals surface area contributed by atoms with Gasteiger partial charge in [-0.25, -0.2) is 0 Å². The van der Waals surface area contributed by atoms with Gasteiger partial charge in [-0.3, -0.25) is 0 Å². The first-order chi connectivity index (χ1) is 13.3. The fraction of sp³-hybridized carbons (Fsp3) is 0.167. The van der Waals surface area contributed by atoms with Crippen LogP contribution in [0.15, 0.2) is 84.2 Å². The molecule has 1 atom stereocenters. The van der Waals surface area contributed by atoms with E-state index >= 15 is 0 Å². The second-order valence-corrected chi connectivity index (χ2v) is 7.75. The molecule has 0 amide bonds. The van der Waals surface area contributed by atoms with Gasteiger partial charge in [0.05, 0.1) is 0 Å². The molecule has 0 saturated heterocycles. The maximum absolute atomic E-state index is 6.04. The highest BCUT2D eigenvalue weighted by atomic mass is 32.1.